The molecule has 1 amide bonds. The van der Waals surface area contributed by atoms with Crippen molar-refractivity contribution in [3.05, 3.63) is 49.2 Å². The van der Waals surface area contributed by atoms with Gasteiger partial charge in [-0.2, -0.15) is 5.10 Å². The molecule has 2 rings (SSSR count). The molecule has 6 heteroatoms. The largest absolute Gasteiger partial charge is 0.496 e. The Hall–Kier alpha value is -1.41. The summed E-state index contributed by atoms with van der Waals surface area (Å²) in [5.74, 6) is 0.509. The van der Waals surface area contributed by atoms with Crippen LogP contribution >= 0.6 is 33.9 Å². The van der Waals surface area contributed by atoms with Crippen LogP contribution in [0.3, 0.4) is 0 Å². The zero-order chi connectivity index (χ0) is 14.5. The van der Waals surface area contributed by atoms with Crippen molar-refractivity contribution in [3.8, 4) is 5.75 Å². The number of carbonyl (C=O) groups excluding carboxylic acids is 1. The molecule has 0 spiro atoms. The first-order valence-corrected chi connectivity index (χ1v) is 7.73. The van der Waals surface area contributed by atoms with Crippen molar-refractivity contribution in [2.45, 2.75) is 6.92 Å². The molecule has 1 heterocycles. The van der Waals surface area contributed by atoms with Gasteiger partial charge in [-0.05, 0) is 59.8 Å². The zero-order valence-electron chi connectivity index (χ0n) is 11.0. The monoisotopic (exact) mass is 400 g/mol. The van der Waals surface area contributed by atoms with Crippen molar-refractivity contribution in [2.75, 3.05) is 7.11 Å². The number of halogens is 1. The average Bonchev–Trinajstić information content (AvgIpc) is 2.84. The summed E-state index contributed by atoms with van der Waals surface area (Å²) < 4.78 is 6.04. The van der Waals surface area contributed by atoms with Gasteiger partial charge >= 0.3 is 0 Å². The average molecular weight is 400 g/mol. The molecule has 1 aromatic heterocycles. The number of carbonyl (C=O) groups is 1. The molecule has 0 fully saturated rings. The summed E-state index contributed by atoms with van der Waals surface area (Å²) in [5, 5.41) is 3.96. The van der Waals surface area contributed by atoms with Crippen molar-refractivity contribution in [1.82, 2.24) is 5.43 Å². The van der Waals surface area contributed by atoms with Crippen molar-refractivity contribution in [2.24, 2.45) is 5.10 Å². The molecule has 4 nitrogen and oxygen atoms in total. The van der Waals surface area contributed by atoms with E-state index in [4.69, 9.17) is 4.74 Å². The second-order valence-electron chi connectivity index (χ2n) is 4.00. The quantitative estimate of drug-likeness (QED) is 0.486. The van der Waals surface area contributed by atoms with Gasteiger partial charge in [0.2, 0.25) is 0 Å². The maximum atomic E-state index is 11.9. The number of hydrogen-bond acceptors (Lipinski definition) is 4. The second-order valence-corrected chi connectivity index (χ2v) is 6.48. The number of benzene rings is 1. The summed E-state index contributed by atoms with van der Waals surface area (Å²) in [6.45, 7) is 2.03. The van der Waals surface area contributed by atoms with E-state index in [1.807, 2.05) is 19.1 Å². The number of methoxy groups -OCH3 is 1. The lowest BCUT2D eigenvalue weighted by Gasteiger charge is -2.05. The van der Waals surface area contributed by atoms with Crippen LogP contribution < -0.4 is 10.2 Å². The number of thiophene rings is 1. The fraction of sp³-hybridized carbons (Fsp3) is 0.143. The highest BCUT2D eigenvalue weighted by molar-refractivity contribution is 14.1. The van der Waals surface area contributed by atoms with Crippen LogP contribution in [0.1, 0.15) is 20.1 Å². The zero-order valence-corrected chi connectivity index (χ0v) is 14.0. The molecule has 20 heavy (non-hydrogen) atoms. The Labute approximate surface area is 135 Å². The third kappa shape index (κ3) is 3.80. The lowest BCUT2D eigenvalue weighted by molar-refractivity contribution is 0.0955. The van der Waals surface area contributed by atoms with Crippen LogP contribution in [0.4, 0.5) is 0 Å². The van der Waals surface area contributed by atoms with Crippen molar-refractivity contribution >= 4 is 46.0 Å². The van der Waals surface area contributed by atoms with Crippen LogP contribution in [0.2, 0.25) is 0 Å². The van der Waals surface area contributed by atoms with E-state index >= 15 is 0 Å². The van der Waals surface area contributed by atoms with Crippen LogP contribution in [0, 0.1) is 10.5 Å². The van der Waals surface area contributed by atoms with Crippen molar-refractivity contribution < 1.29 is 9.53 Å². The number of nitrogens with zero attached hydrogens (tertiary/aromatic N) is 1. The predicted octanol–water partition coefficient (Wildman–Crippen LogP) is 3.43. The Morgan fingerprint density at radius 3 is 2.80 bits per heavy atom. The Morgan fingerprint density at radius 1 is 1.40 bits per heavy atom. The Morgan fingerprint density at radius 2 is 2.20 bits per heavy atom. The highest BCUT2D eigenvalue weighted by Crippen LogP contribution is 2.21. The summed E-state index contributed by atoms with van der Waals surface area (Å²) in [5.41, 5.74) is 3.07. The molecule has 0 aliphatic rings. The fourth-order valence-electron chi connectivity index (χ4n) is 1.55. The van der Waals surface area contributed by atoms with Gasteiger partial charge in [-0.1, -0.05) is 0 Å². The first kappa shape index (κ1) is 15.0. The number of hydrogen-bond donors (Lipinski definition) is 1. The standard InChI is InChI=1S/C14H13IN2O2S/c1-9-3-5-11(20-9)8-16-17-14(18)10-4-6-13(19-2)12(15)7-10/h3-8H,1-2H3,(H,17,18). The van der Waals surface area contributed by atoms with Crippen LogP contribution in [-0.2, 0) is 0 Å². The SMILES string of the molecule is COc1ccc(C(=O)NN=Cc2ccc(C)s2)cc1I. The van der Waals surface area contributed by atoms with E-state index in [9.17, 15) is 4.79 Å². The molecule has 0 saturated heterocycles. The van der Waals surface area contributed by atoms with Crippen molar-refractivity contribution in [1.29, 1.82) is 0 Å². The number of aryl methyl sites for hydroxylation is 1. The topological polar surface area (TPSA) is 50.7 Å². The van der Waals surface area contributed by atoms with Gasteiger partial charge in [-0.25, -0.2) is 5.43 Å². The van der Waals surface area contributed by atoms with Gasteiger partial charge in [0.15, 0.2) is 0 Å². The van der Waals surface area contributed by atoms with Crippen LogP contribution in [0.25, 0.3) is 0 Å². The summed E-state index contributed by atoms with van der Waals surface area (Å²) in [6.07, 6.45) is 1.64. The summed E-state index contributed by atoms with van der Waals surface area (Å²) in [7, 11) is 1.60. The van der Waals surface area contributed by atoms with E-state index in [2.05, 4.69) is 33.1 Å². The van der Waals surface area contributed by atoms with E-state index in [0.717, 1.165) is 14.2 Å². The second kappa shape index (κ2) is 6.85. The van der Waals surface area contributed by atoms with Gasteiger partial charge in [0.1, 0.15) is 5.75 Å². The molecule has 0 unspecified atom stereocenters. The number of hydrazone groups is 1. The molecular formula is C14H13IN2O2S. The van der Waals surface area contributed by atoms with Crippen LogP contribution in [0.5, 0.6) is 5.75 Å². The van der Waals surface area contributed by atoms with E-state index in [-0.39, 0.29) is 5.91 Å². The number of ether oxygens (including phenoxy) is 1. The van der Waals surface area contributed by atoms with Gasteiger partial charge in [0, 0.05) is 15.3 Å². The lowest BCUT2D eigenvalue weighted by Crippen LogP contribution is -2.17. The van der Waals surface area contributed by atoms with E-state index in [1.54, 1.807) is 42.9 Å². The molecule has 0 atom stereocenters. The Kier molecular flexibility index (Phi) is 5.13. The minimum atomic E-state index is -0.241. The molecule has 0 saturated carbocycles. The molecule has 0 bridgehead atoms. The minimum absolute atomic E-state index is 0.241. The Bertz CT molecular complexity index is 652. The maximum absolute atomic E-state index is 11.9. The van der Waals surface area contributed by atoms with Crippen molar-refractivity contribution in [3.63, 3.8) is 0 Å². The lowest BCUT2D eigenvalue weighted by atomic mass is 10.2. The van der Waals surface area contributed by atoms with Gasteiger partial charge in [0.25, 0.3) is 5.91 Å². The van der Waals surface area contributed by atoms with Gasteiger partial charge < -0.3 is 4.74 Å². The molecule has 1 N–H and O–H groups in total. The number of rotatable bonds is 4. The highest BCUT2D eigenvalue weighted by Gasteiger charge is 2.07. The summed E-state index contributed by atoms with van der Waals surface area (Å²) >= 11 is 3.75. The molecular weight excluding hydrogens is 387 g/mol. The molecule has 0 aliphatic carbocycles. The summed E-state index contributed by atoms with van der Waals surface area (Å²) in [4.78, 5) is 14.1. The molecule has 1 aromatic carbocycles. The predicted molar refractivity (Wildman–Crippen MR) is 89.8 cm³/mol. The molecule has 0 aliphatic heterocycles. The van der Waals surface area contributed by atoms with E-state index < -0.39 is 0 Å². The third-order valence-corrected chi connectivity index (χ3v) is 4.31. The van der Waals surface area contributed by atoms with Gasteiger partial charge in [-0.3, -0.25) is 4.79 Å². The molecule has 2 aromatic rings. The van der Waals surface area contributed by atoms with Gasteiger partial charge in [-0.15, -0.1) is 11.3 Å². The maximum Gasteiger partial charge on any atom is 0.271 e. The highest BCUT2D eigenvalue weighted by atomic mass is 127. The molecule has 104 valence electrons. The van der Waals surface area contributed by atoms with Gasteiger partial charge in [0.05, 0.1) is 16.9 Å². The minimum Gasteiger partial charge on any atom is -0.496 e. The van der Waals surface area contributed by atoms with E-state index in [0.29, 0.717) is 5.56 Å². The Balaban J connectivity index is 2.01. The number of nitrogens with one attached hydrogen (secondary N) is 1. The van der Waals surface area contributed by atoms with E-state index in [1.165, 1.54) is 4.88 Å². The first-order valence-electron chi connectivity index (χ1n) is 5.83. The first-order chi connectivity index (χ1) is 9.60. The normalized spacial score (nSPS) is 10.8. The number of amides is 1. The summed E-state index contributed by atoms with van der Waals surface area (Å²) in [6, 6.07) is 9.22. The third-order valence-electron chi connectivity index (χ3n) is 2.53. The smallest absolute Gasteiger partial charge is 0.271 e. The molecule has 0 radical (unpaired) electrons. The van der Waals surface area contributed by atoms with Crippen LogP contribution in [-0.4, -0.2) is 19.2 Å². The fourth-order valence-corrected chi connectivity index (χ4v) is 3.03. The van der Waals surface area contributed by atoms with Crippen LogP contribution in [0.15, 0.2) is 35.4 Å².